The molecule has 0 fully saturated rings. The molecule has 1 aromatic carbocycles. The molecule has 0 radical (unpaired) electrons. The largest absolute Gasteiger partial charge is 0.399 e. The van der Waals surface area contributed by atoms with E-state index in [0.29, 0.717) is 0 Å². The van der Waals surface area contributed by atoms with Crippen molar-refractivity contribution < 1.29 is 17.0 Å². The van der Waals surface area contributed by atoms with E-state index < -0.39 is 37.6 Å². The summed E-state index contributed by atoms with van der Waals surface area (Å²) in [5.41, 5.74) is 5.49. The Morgan fingerprint density at radius 2 is 2.11 bits per heavy atom. The predicted octanol–water partition coefficient (Wildman–Crippen LogP) is 0.453. The molecule has 2 atom stereocenters. The Labute approximate surface area is 108 Å². The first-order valence-electron chi connectivity index (χ1n) is 5.10. The molecule has 3 N–H and O–H groups in total. The number of hydrogen-bond acceptors (Lipinski definition) is 4. The summed E-state index contributed by atoms with van der Waals surface area (Å²) in [6, 6.07) is 2.80. The first-order chi connectivity index (χ1) is 8.22. The molecule has 0 saturated heterocycles. The third-order valence-electron chi connectivity index (χ3n) is 2.09. The van der Waals surface area contributed by atoms with Crippen molar-refractivity contribution in [3.8, 4) is 0 Å². The van der Waals surface area contributed by atoms with Gasteiger partial charge in [0.15, 0.2) is 0 Å². The summed E-state index contributed by atoms with van der Waals surface area (Å²) in [5.74, 6) is -0.747. The van der Waals surface area contributed by atoms with Crippen molar-refractivity contribution in [2.45, 2.75) is 17.9 Å². The maximum Gasteiger partial charge on any atom is 0.243 e. The average molecular weight is 294 g/mol. The highest BCUT2D eigenvalue weighted by Gasteiger charge is 2.21. The van der Waals surface area contributed by atoms with Gasteiger partial charge in [-0.2, -0.15) is 0 Å². The van der Waals surface area contributed by atoms with Gasteiger partial charge in [0.2, 0.25) is 10.0 Å². The quantitative estimate of drug-likeness (QED) is 0.772. The normalized spacial score (nSPS) is 15.3. The van der Waals surface area contributed by atoms with Crippen LogP contribution in [0.25, 0.3) is 0 Å². The number of sulfonamides is 1. The highest BCUT2D eigenvalue weighted by molar-refractivity contribution is 7.89. The van der Waals surface area contributed by atoms with E-state index >= 15 is 0 Å². The van der Waals surface area contributed by atoms with Crippen LogP contribution in [-0.4, -0.2) is 30.7 Å². The van der Waals surface area contributed by atoms with Gasteiger partial charge in [-0.1, -0.05) is 0 Å². The Kier molecular flexibility index (Phi) is 4.83. The number of nitrogens with one attached hydrogen (secondary N) is 1. The predicted molar refractivity (Wildman–Crippen MR) is 69.5 cm³/mol. The topological polar surface area (TPSA) is 89.3 Å². The fourth-order valence-electron chi connectivity index (χ4n) is 1.45. The smallest absolute Gasteiger partial charge is 0.243 e. The lowest BCUT2D eigenvalue weighted by Gasteiger charge is -2.13. The molecule has 1 aromatic rings. The van der Waals surface area contributed by atoms with Crippen LogP contribution in [0.1, 0.15) is 6.92 Å². The third kappa shape index (κ3) is 4.04. The highest BCUT2D eigenvalue weighted by atomic mass is 32.2. The molecule has 0 heterocycles. The van der Waals surface area contributed by atoms with Gasteiger partial charge in [0.05, 0.1) is 0 Å². The van der Waals surface area contributed by atoms with Gasteiger partial charge in [-0.25, -0.2) is 17.5 Å². The summed E-state index contributed by atoms with van der Waals surface area (Å²) in [6.45, 7) is 1.56. The van der Waals surface area contributed by atoms with Crippen LogP contribution in [0.5, 0.6) is 0 Å². The number of hydrogen-bond donors (Lipinski definition) is 2. The van der Waals surface area contributed by atoms with Gasteiger partial charge in [-0.3, -0.25) is 4.21 Å². The minimum Gasteiger partial charge on any atom is -0.399 e. The zero-order valence-corrected chi connectivity index (χ0v) is 11.6. The third-order valence-corrected chi connectivity index (χ3v) is 4.68. The standard InChI is InChI=1S/C10H15FN2O3S2/c1-7(6-17(2)14)13-18(15,16)10-4-3-8(12)5-9(10)11/h3-5,7,13H,6,12H2,1-2H3. The van der Waals surface area contributed by atoms with E-state index in [4.69, 9.17) is 5.73 Å². The molecule has 0 aliphatic heterocycles. The van der Waals surface area contributed by atoms with E-state index in [0.717, 1.165) is 12.1 Å². The van der Waals surface area contributed by atoms with Crippen LogP contribution >= 0.6 is 0 Å². The Balaban J connectivity index is 2.96. The van der Waals surface area contributed by atoms with Crippen molar-refractivity contribution in [2.24, 2.45) is 0 Å². The fourth-order valence-corrected chi connectivity index (χ4v) is 3.65. The van der Waals surface area contributed by atoms with Crippen molar-refractivity contribution >= 4 is 26.5 Å². The van der Waals surface area contributed by atoms with Crippen LogP contribution in [0.4, 0.5) is 10.1 Å². The first kappa shape index (κ1) is 15.1. The number of rotatable bonds is 5. The summed E-state index contributed by atoms with van der Waals surface area (Å²) in [4.78, 5) is -0.467. The average Bonchev–Trinajstić information content (AvgIpc) is 2.13. The Bertz CT molecular complexity index is 560. The molecule has 0 aliphatic carbocycles. The lowest BCUT2D eigenvalue weighted by molar-refractivity contribution is 0.549. The molecule has 1 rings (SSSR count). The summed E-state index contributed by atoms with van der Waals surface area (Å²) in [6.07, 6.45) is 1.47. The van der Waals surface area contributed by atoms with Gasteiger partial charge < -0.3 is 5.73 Å². The second-order valence-corrected chi connectivity index (χ2v) is 7.11. The van der Waals surface area contributed by atoms with E-state index in [1.54, 1.807) is 6.92 Å². The van der Waals surface area contributed by atoms with Gasteiger partial charge in [0, 0.05) is 34.5 Å². The van der Waals surface area contributed by atoms with Gasteiger partial charge in [0.1, 0.15) is 10.7 Å². The molecule has 5 nitrogen and oxygen atoms in total. The molecular weight excluding hydrogens is 279 g/mol. The maximum atomic E-state index is 13.5. The fraction of sp³-hybridized carbons (Fsp3) is 0.400. The van der Waals surface area contributed by atoms with Crippen LogP contribution in [0.2, 0.25) is 0 Å². The van der Waals surface area contributed by atoms with Gasteiger partial charge in [-0.05, 0) is 25.1 Å². The lowest BCUT2D eigenvalue weighted by atomic mass is 10.3. The van der Waals surface area contributed by atoms with E-state index in [-0.39, 0.29) is 11.4 Å². The number of anilines is 1. The lowest BCUT2D eigenvalue weighted by Crippen LogP contribution is -2.36. The Hall–Kier alpha value is -0.990. The van der Waals surface area contributed by atoms with E-state index in [2.05, 4.69) is 4.72 Å². The molecule has 2 unspecified atom stereocenters. The van der Waals surface area contributed by atoms with Crippen LogP contribution in [0.15, 0.2) is 23.1 Å². The summed E-state index contributed by atoms with van der Waals surface area (Å²) < 4.78 is 50.5. The highest BCUT2D eigenvalue weighted by Crippen LogP contribution is 2.17. The summed E-state index contributed by atoms with van der Waals surface area (Å²) >= 11 is 0. The van der Waals surface area contributed by atoms with Gasteiger partial charge in [-0.15, -0.1) is 0 Å². The van der Waals surface area contributed by atoms with Crippen LogP contribution in [-0.2, 0) is 20.8 Å². The summed E-state index contributed by atoms with van der Waals surface area (Å²) in [7, 11) is -5.10. The molecule has 0 amide bonds. The van der Waals surface area contributed by atoms with E-state index in [1.165, 1.54) is 12.3 Å². The first-order valence-corrected chi connectivity index (χ1v) is 8.31. The molecule has 18 heavy (non-hydrogen) atoms. The van der Waals surface area contributed by atoms with Crippen molar-refractivity contribution in [1.29, 1.82) is 0 Å². The van der Waals surface area contributed by atoms with Crippen molar-refractivity contribution in [3.05, 3.63) is 24.0 Å². The van der Waals surface area contributed by atoms with Crippen LogP contribution < -0.4 is 10.5 Å². The molecule has 0 aromatic heterocycles. The molecule has 0 spiro atoms. The SMILES string of the molecule is CC(CS(C)=O)NS(=O)(=O)c1ccc(N)cc1F. The number of nitrogen functional groups attached to an aromatic ring is 1. The molecule has 0 bridgehead atoms. The van der Waals surface area contributed by atoms with Gasteiger partial charge in [0.25, 0.3) is 0 Å². The van der Waals surface area contributed by atoms with Crippen molar-refractivity contribution in [3.63, 3.8) is 0 Å². The zero-order valence-electron chi connectivity index (χ0n) is 10.0. The second-order valence-electron chi connectivity index (χ2n) is 3.95. The molecule has 0 aliphatic rings. The van der Waals surface area contributed by atoms with Gasteiger partial charge >= 0.3 is 0 Å². The number of halogens is 1. The number of benzene rings is 1. The Morgan fingerprint density at radius 1 is 1.50 bits per heavy atom. The monoisotopic (exact) mass is 294 g/mol. The maximum absolute atomic E-state index is 13.5. The number of nitrogens with two attached hydrogens (primary N) is 1. The van der Waals surface area contributed by atoms with Crippen LogP contribution in [0.3, 0.4) is 0 Å². The van der Waals surface area contributed by atoms with Crippen molar-refractivity contribution in [2.75, 3.05) is 17.7 Å². The molecular formula is C10H15FN2O3S2. The summed E-state index contributed by atoms with van der Waals surface area (Å²) in [5, 5.41) is 0. The Morgan fingerprint density at radius 3 is 2.61 bits per heavy atom. The van der Waals surface area contributed by atoms with Crippen LogP contribution in [0, 0.1) is 5.82 Å². The van der Waals surface area contributed by atoms with Crippen molar-refractivity contribution in [1.82, 2.24) is 4.72 Å². The molecule has 8 heteroatoms. The molecule has 102 valence electrons. The van der Waals surface area contributed by atoms with E-state index in [9.17, 15) is 17.0 Å². The second kappa shape index (κ2) is 5.77. The minimum atomic E-state index is -3.97. The minimum absolute atomic E-state index is 0.147. The molecule has 0 saturated carbocycles. The zero-order chi connectivity index (χ0) is 13.9. The van der Waals surface area contributed by atoms with E-state index in [1.807, 2.05) is 0 Å².